The van der Waals surface area contributed by atoms with Gasteiger partial charge >= 0.3 is 0 Å². The summed E-state index contributed by atoms with van der Waals surface area (Å²) in [6.07, 6.45) is 0. The van der Waals surface area contributed by atoms with Gasteiger partial charge in [-0.3, -0.25) is 0 Å². The van der Waals surface area contributed by atoms with Gasteiger partial charge in [-0.05, 0) is 49.4 Å². The minimum absolute atomic E-state index is 0.480. The molecule has 0 fully saturated rings. The van der Waals surface area contributed by atoms with E-state index in [0.29, 0.717) is 23.5 Å². The fourth-order valence-electron chi connectivity index (χ4n) is 2.38. The second kappa shape index (κ2) is 8.62. The highest BCUT2D eigenvalue weighted by atomic mass is 32.2. The highest BCUT2D eigenvalue weighted by Crippen LogP contribution is 2.31. The largest absolute Gasteiger partial charge is 0.497 e. The molecule has 6 nitrogen and oxygen atoms in total. The lowest BCUT2D eigenvalue weighted by molar-refractivity contribution is 0.340. The minimum Gasteiger partial charge on any atom is -0.497 e. The molecule has 26 heavy (non-hydrogen) atoms. The van der Waals surface area contributed by atoms with E-state index in [1.165, 1.54) is 11.8 Å². The van der Waals surface area contributed by atoms with Crippen LogP contribution in [0.2, 0.25) is 0 Å². The highest BCUT2D eigenvalue weighted by Gasteiger charge is 2.12. The van der Waals surface area contributed by atoms with Crippen molar-refractivity contribution < 1.29 is 18.6 Å². The Morgan fingerprint density at radius 2 is 1.73 bits per heavy atom. The SMILES string of the molecule is CCOc1ccc(-c2nnc(SCc3cc(OC)ccc3OC)o2)cc1. The Balaban J connectivity index is 1.69. The van der Waals surface area contributed by atoms with Crippen LogP contribution in [0.4, 0.5) is 0 Å². The van der Waals surface area contributed by atoms with Gasteiger partial charge in [0, 0.05) is 16.9 Å². The molecule has 0 radical (unpaired) electrons. The first-order chi connectivity index (χ1) is 12.7. The molecule has 7 heteroatoms. The Hall–Kier alpha value is -2.67. The van der Waals surface area contributed by atoms with Crippen molar-refractivity contribution in [2.24, 2.45) is 0 Å². The Morgan fingerprint density at radius 1 is 0.962 bits per heavy atom. The molecule has 0 spiro atoms. The lowest BCUT2D eigenvalue weighted by Gasteiger charge is -2.09. The third-order valence-corrected chi connectivity index (χ3v) is 4.52. The van der Waals surface area contributed by atoms with Gasteiger partial charge in [-0.2, -0.15) is 0 Å². The topological polar surface area (TPSA) is 66.6 Å². The summed E-state index contributed by atoms with van der Waals surface area (Å²) in [7, 11) is 3.28. The summed E-state index contributed by atoms with van der Waals surface area (Å²) in [5, 5.41) is 8.72. The average molecular weight is 372 g/mol. The van der Waals surface area contributed by atoms with Crippen LogP contribution < -0.4 is 14.2 Å². The van der Waals surface area contributed by atoms with E-state index < -0.39 is 0 Å². The summed E-state index contributed by atoms with van der Waals surface area (Å²) in [6.45, 7) is 2.58. The highest BCUT2D eigenvalue weighted by molar-refractivity contribution is 7.98. The lowest BCUT2D eigenvalue weighted by atomic mass is 10.2. The predicted molar refractivity (Wildman–Crippen MR) is 100 cm³/mol. The second-order valence-corrected chi connectivity index (χ2v) is 6.22. The Bertz CT molecular complexity index is 849. The van der Waals surface area contributed by atoms with Crippen LogP contribution in [0, 0.1) is 0 Å². The fraction of sp³-hybridized carbons (Fsp3) is 0.263. The quantitative estimate of drug-likeness (QED) is 0.541. The van der Waals surface area contributed by atoms with E-state index in [2.05, 4.69) is 10.2 Å². The molecule has 3 rings (SSSR count). The fourth-order valence-corrected chi connectivity index (χ4v) is 3.12. The van der Waals surface area contributed by atoms with E-state index in [1.807, 2.05) is 49.4 Å². The van der Waals surface area contributed by atoms with Gasteiger partial charge in [0.2, 0.25) is 5.89 Å². The molecule has 0 aliphatic carbocycles. The summed E-state index contributed by atoms with van der Waals surface area (Å²) < 4.78 is 21.8. The van der Waals surface area contributed by atoms with Gasteiger partial charge in [0.05, 0.1) is 20.8 Å². The van der Waals surface area contributed by atoms with Crippen molar-refractivity contribution in [3.8, 4) is 28.7 Å². The van der Waals surface area contributed by atoms with E-state index >= 15 is 0 Å². The molecule has 0 aliphatic rings. The number of benzene rings is 2. The van der Waals surface area contributed by atoms with Crippen molar-refractivity contribution in [1.29, 1.82) is 0 Å². The zero-order chi connectivity index (χ0) is 18.4. The predicted octanol–water partition coefficient (Wildman–Crippen LogP) is 4.44. The Kier molecular flexibility index (Phi) is 6.01. The molecular weight excluding hydrogens is 352 g/mol. The van der Waals surface area contributed by atoms with Crippen molar-refractivity contribution in [2.75, 3.05) is 20.8 Å². The molecular formula is C19H20N2O4S. The van der Waals surface area contributed by atoms with Gasteiger partial charge in [-0.15, -0.1) is 10.2 Å². The molecule has 0 saturated carbocycles. The van der Waals surface area contributed by atoms with Crippen LogP contribution in [-0.2, 0) is 5.75 Å². The smallest absolute Gasteiger partial charge is 0.277 e. The molecule has 2 aromatic carbocycles. The number of ether oxygens (including phenoxy) is 3. The number of nitrogens with zero attached hydrogens (tertiary/aromatic N) is 2. The maximum atomic E-state index is 5.75. The molecule has 0 atom stereocenters. The summed E-state index contributed by atoms with van der Waals surface area (Å²) in [5.74, 6) is 3.50. The van der Waals surface area contributed by atoms with Crippen molar-refractivity contribution in [3.05, 3.63) is 48.0 Å². The number of methoxy groups -OCH3 is 2. The Labute approximate surface area is 156 Å². The number of aromatic nitrogens is 2. The standard InChI is InChI=1S/C19H20N2O4S/c1-4-24-15-7-5-13(6-8-15)18-20-21-19(25-18)26-12-14-11-16(22-2)9-10-17(14)23-3/h5-11H,4,12H2,1-3H3. The molecule has 0 saturated heterocycles. The summed E-state index contributed by atoms with van der Waals surface area (Å²) >= 11 is 1.45. The van der Waals surface area contributed by atoms with Gasteiger partial charge in [-0.1, -0.05) is 11.8 Å². The molecule has 1 heterocycles. The van der Waals surface area contributed by atoms with Crippen LogP contribution in [0.1, 0.15) is 12.5 Å². The maximum absolute atomic E-state index is 5.75. The van der Waals surface area contributed by atoms with Crippen molar-refractivity contribution in [1.82, 2.24) is 10.2 Å². The Morgan fingerprint density at radius 3 is 2.42 bits per heavy atom. The van der Waals surface area contributed by atoms with Crippen LogP contribution in [0.15, 0.2) is 52.1 Å². The van der Waals surface area contributed by atoms with E-state index in [-0.39, 0.29) is 0 Å². The van der Waals surface area contributed by atoms with E-state index in [4.69, 9.17) is 18.6 Å². The summed E-state index contributed by atoms with van der Waals surface area (Å²) in [4.78, 5) is 0. The number of hydrogen-bond donors (Lipinski definition) is 0. The summed E-state index contributed by atoms with van der Waals surface area (Å²) in [6, 6.07) is 13.3. The van der Waals surface area contributed by atoms with E-state index in [1.54, 1.807) is 14.2 Å². The molecule has 0 aliphatic heterocycles. The molecule has 1 aromatic heterocycles. The summed E-state index contributed by atoms with van der Waals surface area (Å²) in [5.41, 5.74) is 1.85. The van der Waals surface area contributed by atoms with Gasteiger partial charge in [0.1, 0.15) is 17.2 Å². The molecule has 0 amide bonds. The number of thioether (sulfide) groups is 1. The average Bonchev–Trinajstić information content (AvgIpc) is 3.16. The van der Waals surface area contributed by atoms with Gasteiger partial charge in [0.25, 0.3) is 5.22 Å². The van der Waals surface area contributed by atoms with Gasteiger partial charge < -0.3 is 18.6 Å². The molecule has 3 aromatic rings. The molecule has 0 N–H and O–H groups in total. The number of rotatable bonds is 8. The van der Waals surface area contributed by atoms with Gasteiger partial charge in [-0.25, -0.2) is 0 Å². The van der Waals surface area contributed by atoms with E-state index in [9.17, 15) is 0 Å². The zero-order valence-electron chi connectivity index (χ0n) is 14.9. The van der Waals surface area contributed by atoms with Crippen LogP contribution >= 0.6 is 11.8 Å². The monoisotopic (exact) mass is 372 g/mol. The first-order valence-corrected chi connectivity index (χ1v) is 9.12. The third kappa shape index (κ3) is 4.29. The van der Waals surface area contributed by atoms with Crippen LogP contribution in [0.25, 0.3) is 11.5 Å². The van der Waals surface area contributed by atoms with E-state index in [0.717, 1.165) is 28.4 Å². The third-order valence-electron chi connectivity index (χ3n) is 3.66. The maximum Gasteiger partial charge on any atom is 0.277 e. The normalized spacial score (nSPS) is 10.6. The van der Waals surface area contributed by atoms with Crippen LogP contribution in [0.3, 0.4) is 0 Å². The van der Waals surface area contributed by atoms with Crippen molar-refractivity contribution >= 4 is 11.8 Å². The van der Waals surface area contributed by atoms with Gasteiger partial charge in [0.15, 0.2) is 0 Å². The molecule has 0 unspecified atom stereocenters. The first kappa shape index (κ1) is 18.1. The minimum atomic E-state index is 0.480. The second-order valence-electron chi connectivity index (χ2n) is 5.30. The zero-order valence-corrected chi connectivity index (χ0v) is 15.7. The first-order valence-electron chi connectivity index (χ1n) is 8.14. The lowest BCUT2D eigenvalue weighted by Crippen LogP contribution is -1.92. The van der Waals surface area contributed by atoms with Crippen LogP contribution in [0.5, 0.6) is 17.2 Å². The van der Waals surface area contributed by atoms with Crippen molar-refractivity contribution in [3.63, 3.8) is 0 Å². The number of hydrogen-bond acceptors (Lipinski definition) is 7. The van der Waals surface area contributed by atoms with Crippen LogP contribution in [-0.4, -0.2) is 31.0 Å². The van der Waals surface area contributed by atoms with Crippen molar-refractivity contribution in [2.45, 2.75) is 17.9 Å². The molecule has 136 valence electrons. The molecule has 0 bridgehead atoms.